The van der Waals surface area contributed by atoms with Crippen molar-refractivity contribution in [1.29, 1.82) is 0 Å². The molecule has 1 aromatic heterocycles. The first kappa shape index (κ1) is 10.5. The molecule has 0 saturated carbocycles. The van der Waals surface area contributed by atoms with E-state index in [1.807, 2.05) is 31.3 Å². The summed E-state index contributed by atoms with van der Waals surface area (Å²) in [5.74, 6) is 0.635. The van der Waals surface area contributed by atoms with Crippen LogP contribution in [0.15, 0.2) is 28.7 Å². The lowest BCUT2D eigenvalue weighted by Crippen LogP contribution is -1.96. The molecule has 0 bridgehead atoms. The molecule has 3 nitrogen and oxygen atoms in total. The van der Waals surface area contributed by atoms with E-state index >= 15 is 0 Å². The van der Waals surface area contributed by atoms with Gasteiger partial charge in [0.15, 0.2) is 0 Å². The van der Waals surface area contributed by atoms with E-state index < -0.39 is 0 Å². The average Bonchev–Trinajstić information content (AvgIpc) is 2.52. The number of anilines is 1. The Morgan fingerprint density at radius 3 is 2.67 bits per heavy atom. The van der Waals surface area contributed by atoms with Gasteiger partial charge in [0.25, 0.3) is 0 Å². The van der Waals surface area contributed by atoms with Crippen molar-refractivity contribution >= 4 is 33.3 Å². The Balaban J connectivity index is 2.49. The van der Waals surface area contributed by atoms with Crippen molar-refractivity contribution in [3.8, 4) is 11.3 Å². The second-order valence-electron chi connectivity index (χ2n) is 3.21. The Bertz CT molecular complexity index is 488. The van der Waals surface area contributed by atoms with E-state index in [-0.39, 0.29) is 0 Å². The Hall–Kier alpha value is -1.00. The summed E-state index contributed by atoms with van der Waals surface area (Å²) in [5, 5.41) is 4.96. The number of nitrogen functional groups attached to an aromatic ring is 1. The van der Waals surface area contributed by atoms with Crippen molar-refractivity contribution in [2.24, 2.45) is 7.05 Å². The summed E-state index contributed by atoms with van der Waals surface area (Å²) < 4.78 is 2.49. The fourth-order valence-electron chi connectivity index (χ4n) is 1.28. The van der Waals surface area contributed by atoms with Crippen molar-refractivity contribution in [3.63, 3.8) is 0 Å². The molecule has 1 heterocycles. The summed E-state index contributed by atoms with van der Waals surface area (Å²) in [7, 11) is 1.81. The standard InChI is InChI=1S/C10H9BrClN3/c1-15-10(13)5-9(14-15)6-2-3-8(12)7(11)4-6/h2-5H,13H2,1H3. The molecule has 1 aromatic carbocycles. The smallest absolute Gasteiger partial charge is 0.121 e. The lowest BCUT2D eigenvalue weighted by Gasteiger charge is -1.99. The van der Waals surface area contributed by atoms with Crippen LogP contribution in [-0.4, -0.2) is 9.78 Å². The third kappa shape index (κ3) is 2.01. The molecule has 0 aliphatic heterocycles. The first-order chi connectivity index (χ1) is 7.08. The fraction of sp³-hybridized carbons (Fsp3) is 0.100. The number of hydrogen-bond donors (Lipinski definition) is 1. The lowest BCUT2D eigenvalue weighted by atomic mass is 10.1. The molecule has 0 atom stereocenters. The summed E-state index contributed by atoms with van der Waals surface area (Å²) in [4.78, 5) is 0. The Morgan fingerprint density at radius 2 is 2.13 bits per heavy atom. The van der Waals surface area contributed by atoms with Crippen LogP contribution in [0.3, 0.4) is 0 Å². The van der Waals surface area contributed by atoms with Crippen LogP contribution >= 0.6 is 27.5 Å². The topological polar surface area (TPSA) is 43.8 Å². The maximum atomic E-state index is 5.91. The SMILES string of the molecule is Cn1nc(-c2ccc(Cl)c(Br)c2)cc1N. The largest absolute Gasteiger partial charge is 0.384 e. The molecular formula is C10H9BrClN3. The quantitative estimate of drug-likeness (QED) is 0.875. The number of rotatable bonds is 1. The highest BCUT2D eigenvalue weighted by Gasteiger charge is 2.06. The van der Waals surface area contributed by atoms with E-state index in [0.717, 1.165) is 15.7 Å². The van der Waals surface area contributed by atoms with Crippen molar-refractivity contribution < 1.29 is 0 Å². The van der Waals surface area contributed by atoms with E-state index in [4.69, 9.17) is 17.3 Å². The molecule has 0 saturated heterocycles. The Morgan fingerprint density at radius 1 is 1.40 bits per heavy atom. The summed E-state index contributed by atoms with van der Waals surface area (Å²) >= 11 is 9.28. The number of aryl methyl sites for hydroxylation is 1. The van der Waals surface area contributed by atoms with Gasteiger partial charge in [0.05, 0.1) is 10.7 Å². The minimum absolute atomic E-state index is 0.635. The van der Waals surface area contributed by atoms with Crippen LogP contribution in [0, 0.1) is 0 Å². The number of aromatic nitrogens is 2. The van der Waals surface area contributed by atoms with E-state index in [2.05, 4.69) is 21.0 Å². The van der Waals surface area contributed by atoms with E-state index in [1.54, 1.807) is 4.68 Å². The van der Waals surface area contributed by atoms with Crippen LogP contribution in [0.1, 0.15) is 0 Å². The first-order valence-electron chi connectivity index (χ1n) is 4.33. The predicted octanol–water partition coefficient (Wildman–Crippen LogP) is 3.09. The normalized spacial score (nSPS) is 10.6. The van der Waals surface area contributed by atoms with Gasteiger partial charge in [-0.1, -0.05) is 17.7 Å². The zero-order valence-electron chi connectivity index (χ0n) is 8.04. The number of nitrogens with two attached hydrogens (primary N) is 1. The second kappa shape index (κ2) is 3.87. The highest BCUT2D eigenvalue weighted by atomic mass is 79.9. The number of benzene rings is 1. The van der Waals surface area contributed by atoms with Crippen molar-refractivity contribution in [2.45, 2.75) is 0 Å². The summed E-state index contributed by atoms with van der Waals surface area (Å²) in [6.45, 7) is 0. The van der Waals surface area contributed by atoms with Gasteiger partial charge >= 0.3 is 0 Å². The average molecular weight is 287 g/mol. The maximum Gasteiger partial charge on any atom is 0.121 e. The van der Waals surface area contributed by atoms with Crippen molar-refractivity contribution in [3.05, 3.63) is 33.8 Å². The fourth-order valence-corrected chi connectivity index (χ4v) is 1.77. The third-order valence-corrected chi connectivity index (χ3v) is 3.35. The minimum atomic E-state index is 0.635. The molecule has 15 heavy (non-hydrogen) atoms. The molecule has 0 unspecified atom stereocenters. The van der Waals surface area contributed by atoms with E-state index in [0.29, 0.717) is 10.8 Å². The van der Waals surface area contributed by atoms with Gasteiger partial charge in [-0.05, 0) is 28.1 Å². The van der Waals surface area contributed by atoms with Crippen LogP contribution < -0.4 is 5.73 Å². The van der Waals surface area contributed by atoms with Gasteiger partial charge in [0, 0.05) is 23.2 Å². The number of nitrogens with zero attached hydrogens (tertiary/aromatic N) is 2. The molecule has 0 radical (unpaired) electrons. The van der Waals surface area contributed by atoms with E-state index in [1.165, 1.54) is 0 Å². The van der Waals surface area contributed by atoms with Gasteiger partial charge in [-0.15, -0.1) is 0 Å². The predicted molar refractivity (Wildman–Crippen MR) is 65.8 cm³/mol. The third-order valence-electron chi connectivity index (χ3n) is 2.13. The van der Waals surface area contributed by atoms with Gasteiger partial charge in [-0.2, -0.15) is 5.10 Å². The van der Waals surface area contributed by atoms with Crippen LogP contribution in [0.2, 0.25) is 5.02 Å². The Labute approximate surface area is 101 Å². The molecule has 0 spiro atoms. The molecule has 0 aliphatic carbocycles. The summed E-state index contributed by atoms with van der Waals surface area (Å²) in [6, 6.07) is 7.49. The second-order valence-corrected chi connectivity index (χ2v) is 4.47. The van der Waals surface area contributed by atoms with Crippen LogP contribution in [0.5, 0.6) is 0 Å². The first-order valence-corrected chi connectivity index (χ1v) is 5.50. The summed E-state index contributed by atoms with van der Waals surface area (Å²) in [5.41, 5.74) is 7.53. The zero-order valence-corrected chi connectivity index (χ0v) is 10.4. The molecule has 0 aliphatic rings. The van der Waals surface area contributed by atoms with Crippen LogP contribution in [-0.2, 0) is 7.05 Å². The molecule has 2 rings (SSSR count). The van der Waals surface area contributed by atoms with Crippen molar-refractivity contribution in [1.82, 2.24) is 9.78 Å². The molecule has 2 N–H and O–H groups in total. The van der Waals surface area contributed by atoms with Crippen LogP contribution in [0.25, 0.3) is 11.3 Å². The highest BCUT2D eigenvalue weighted by molar-refractivity contribution is 9.10. The van der Waals surface area contributed by atoms with Crippen molar-refractivity contribution in [2.75, 3.05) is 5.73 Å². The highest BCUT2D eigenvalue weighted by Crippen LogP contribution is 2.28. The monoisotopic (exact) mass is 285 g/mol. The molecular weight excluding hydrogens is 277 g/mol. The molecule has 78 valence electrons. The molecule has 2 aromatic rings. The summed E-state index contributed by atoms with van der Waals surface area (Å²) in [6.07, 6.45) is 0. The Kier molecular flexibility index (Phi) is 2.71. The minimum Gasteiger partial charge on any atom is -0.384 e. The molecule has 0 amide bonds. The zero-order chi connectivity index (χ0) is 11.0. The van der Waals surface area contributed by atoms with Gasteiger partial charge in [0.1, 0.15) is 5.82 Å². The van der Waals surface area contributed by atoms with Gasteiger partial charge in [-0.25, -0.2) is 0 Å². The lowest BCUT2D eigenvalue weighted by molar-refractivity contribution is 0.782. The maximum absolute atomic E-state index is 5.91. The van der Waals surface area contributed by atoms with Gasteiger partial charge < -0.3 is 5.73 Å². The molecule has 0 fully saturated rings. The van der Waals surface area contributed by atoms with Gasteiger partial charge in [-0.3, -0.25) is 4.68 Å². The van der Waals surface area contributed by atoms with Crippen LogP contribution in [0.4, 0.5) is 5.82 Å². The van der Waals surface area contributed by atoms with Gasteiger partial charge in [0.2, 0.25) is 0 Å². The van der Waals surface area contributed by atoms with E-state index in [9.17, 15) is 0 Å². The number of halogens is 2. The number of hydrogen-bond acceptors (Lipinski definition) is 2. The molecule has 5 heteroatoms.